The van der Waals surface area contributed by atoms with E-state index in [0.29, 0.717) is 59.0 Å². The Morgan fingerprint density at radius 2 is 0.750 bits per heavy atom. The number of hydrogen-bond donors (Lipinski definition) is 1. The number of allylic oxidation sites excluding steroid dienone is 8. The van der Waals surface area contributed by atoms with Crippen LogP contribution in [0.4, 0.5) is 0 Å². The number of ether oxygens (including phenoxy) is 6. The molecule has 10 heteroatoms. The number of aliphatic hydroxyl groups is 1. The van der Waals surface area contributed by atoms with E-state index in [0.717, 1.165) is 180 Å². The third kappa shape index (κ3) is 46.2. The summed E-state index contributed by atoms with van der Waals surface area (Å²) in [6.07, 6.45) is 43.3. The predicted molar refractivity (Wildman–Crippen MR) is 265 cm³/mol. The van der Waals surface area contributed by atoms with Crippen molar-refractivity contribution in [2.45, 2.75) is 220 Å². The Kier molecular flexibility index (Phi) is 49.8. The van der Waals surface area contributed by atoms with Crippen LogP contribution in [0.3, 0.4) is 0 Å². The van der Waals surface area contributed by atoms with Crippen molar-refractivity contribution in [3.8, 4) is 0 Å². The molecule has 0 atom stereocenters. The Bertz CT molecular complexity index is 984. The van der Waals surface area contributed by atoms with E-state index in [1.807, 2.05) is 0 Å². The van der Waals surface area contributed by atoms with Gasteiger partial charge in [-0.3, -0.25) is 9.59 Å². The fourth-order valence-corrected chi connectivity index (χ4v) is 6.97. The molecule has 0 fully saturated rings. The summed E-state index contributed by atoms with van der Waals surface area (Å²) in [5, 5.41) is 9.59. The van der Waals surface area contributed by atoms with E-state index in [4.69, 9.17) is 28.4 Å². The number of carbonyl (C=O) groups is 2. The zero-order chi connectivity index (χ0) is 46.7. The van der Waals surface area contributed by atoms with Crippen LogP contribution in [0.1, 0.15) is 207 Å². The number of nitrogens with zero attached hydrogens (tertiary/aromatic N) is 1. The summed E-state index contributed by atoms with van der Waals surface area (Å²) >= 11 is 0. The van der Waals surface area contributed by atoms with Crippen molar-refractivity contribution >= 4 is 11.9 Å². The highest BCUT2D eigenvalue weighted by Crippen LogP contribution is 2.14. The minimum Gasteiger partial charge on any atom is -0.466 e. The smallest absolute Gasteiger partial charge is 0.305 e. The first kappa shape index (κ1) is 61.7. The SMILES string of the molecule is CC/C=C\CCCOC(CCCCC(=O)OCCCCCCN(CCO)CCCCCCOC(=O)CCCCC(OCCC/C=C\CC)OCCC/C=C\CC)OCCC/C=C\CC. The van der Waals surface area contributed by atoms with Gasteiger partial charge in [-0.2, -0.15) is 0 Å². The van der Waals surface area contributed by atoms with Gasteiger partial charge in [0.1, 0.15) is 0 Å². The summed E-state index contributed by atoms with van der Waals surface area (Å²) in [6.45, 7) is 15.0. The van der Waals surface area contributed by atoms with Crippen LogP contribution in [-0.2, 0) is 38.0 Å². The van der Waals surface area contributed by atoms with Gasteiger partial charge in [-0.1, -0.05) is 102 Å². The Morgan fingerprint density at radius 3 is 1.08 bits per heavy atom. The Hall–Kier alpha value is -2.34. The van der Waals surface area contributed by atoms with E-state index in [1.54, 1.807) is 0 Å². The molecular weight excluding hydrogens is 807 g/mol. The van der Waals surface area contributed by atoms with Crippen molar-refractivity contribution in [1.29, 1.82) is 0 Å². The molecule has 0 spiro atoms. The number of esters is 2. The van der Waals surface area contributed by atoms with Gasteiger partial charge in [-0.25, -0.2) is 0 Å². The largest absolute Gasteiger partial charge is 0.466 e. The molecule has 0 unspecified atom stereocenters. The maximum absolute atomic E-state index is 12.4. The van der Waals surface area contributed by atoms with E-state index in [-0.39, 0.29) is 31.1 Å². The lowest BCUT2D eigenvalue weighted by Crippen LogP contribution is -2.29. The molecule has 0 aromatic heterocycles. The molecule has 1 N–H and O–H groups in total. The highest BCUT2D eigenvalue weighted by molar-refractivity contribution is 5.69. The predicted octanol–water partition coefficient (Wildman–Crippen LogP) is 13.3. The van der Waals surface area contributed by atoms with Gasteiger partial charge in [0.15, 0.2) is 12.6 Å². The lowest BCUT2D eigenvalue weighted by molar-refractivity contribution is -0.149. The third-order valence-corrected chi connectivity index (χ3v) is 10.7. The lowest BCUT2D eigenvalue weighted by atomic mass is 10.1. The van der Waals surface area contributed by atoms with Crippen LogP contribution in [0.25, 0.3) is 0 Å². The van der Waals surface area contributed by atoms with Crippen molar-refractivity contribution in [1.82, 2.24) is 4.90 Å². The topological polar surface area (TPSA) is 113 Å². The summed E-state index contributed by atoms with van der Waals surface area (Å²) in [7, 11) is 0. The maximum Gasteiger partial charge on any atom is 0.305 e. The van der Waals surface area contributed by atoms with Crippen LogP contribution in [-0.4, -0.2) is 100 Å². The molecule has 0 bridgehead atoms. The number of unbranched alkanes of at least 4 members (excludes halogenated alkanes) is 12. The highest BCUT2D eigenvalue weighted by Gasteiger charge is 2.13. The van der Waals surface area contributed by atoms with Crippen molar-refractivity contribution < 1.29 is 43.1 Å². The number of carbonyl (C=O) groups excluding carboxylic acids is 2. The number of rotatable bonds is 50. The van der Waals surface area contributed by atoms with Crippen molar-refractivity contribution in [2.75, 3.05) is 65.9 Å². The van der Waals surface area contributed by atoms with Gasteiger partial charge >= 0.3 is 11.9 Å². The summed E-state index contributed by atoms with van der Waals surface area (Å²) in [6, 6.07) is 0. The summed E-state index contributed by atoms with van der Waals surface area (Å²) < 4.78 is 35.3. The van der Waals surface area contributed by atoms with Crippen LogP contribution in [0.2, 0.25) is 0 Å². The van der Waals surface area contributed by atoms with Gasteiger partial charge in [0, 0.05) is 19.4 Å². The fraction of sp³-hybridized carbons (Fsp3) is 0.815. The molecule has 64 heavy (non-hydrogen) atoms. The molecule has 10 nitrogen and oxygen atoms in total. The lowest BCUT2D eigenvalue weighted by Gasteiger charge is -2.21. The summed E-state index contributed by atoms with van der Waals surface area (Å²) in [5.74, 6) is -0.238. The highest BCUT2D eigenvalue weighted by atomic mass is 16.7. The van der Waals surface area contributed by atoms with Gasteiger partial charge in [-0.15, -0.1) is 0 Å². The van der Waals surface area contributed by atoms with Gasteiger partial charge in [-0.05, 0) is 154 Å². The first-order chi connectivity index (χ1) is 31.5. The second kappa shape index (κ2) is 51.6. The first-order valence-electron chi connectivity index (χ1n) is 26.2. The molecular formula is C54H99NO9. The first-order valence-corrected chi connectivity index (χ1v) is 26.2. The van der Waals surface area contributed by atoms with E-state index in [9.17, 15) is 14.7 Å². The fourth-order valence-electron chi connectivity index (χ4n) is 6.97. The normalized spacial score (nSPS) is 12.2. The van der Waals surface area contributed by atoms with Crippen LogP contribution < -0.4 is 0 Å². The van der Waals surface area contributed by atoms with Gasteiger partial charge < -0.3 is 38.4 Å². The summed E-state index contributed by atoms with van der Waals surface area (Å²) in [4.78, 5) is 27.0. The average molecular weight is 906 g/mol. The van der Waals surface area contributed by atoms with Gasteiger partial charge in [0.25, 0.3) is 0 Å². The second-order valence-corrected chi connectivity index (χ2v) is 16.8. The summed E-state index contributed by atoms with van der Waals surface area (Å²) in [5.41, 5.74) is 0. The van der Waals surface area contributed by atoms with Crippen LogP contribution in [0.5, 0.6) is 0 Å². The molecule has 0 amide bonds. The van der Waals surface area contributed by atoms with Crippen LogP contribution in [0.15, 0.2) is 48.6 Å². The molecule has 0 aliphatic carbocycles. The molecule has 0 heterocycles. The minimum absolute atomic E-state index is 0.119. The Morgan fingerprint density at radius 1 is 0.406 bits per heavy atom. The van der Waals surface area contributed by atoms with Gasteiger partial charge in [0.2, 0.25) is 0 Å². The molecule has 0 aromatic rings. The average Bonchev–Trinajstić information content (AvgIpc) is 3.29. The number of hydrogen-bond acceptors (Lipinski definition) is 10. The molecule has 0 rings (SSSR count). The molecule has 0 saturated heterocycles. The van der Waals surface area contributed by atoms with Crippen molar-refractivity contribution in [2.24, 2.45) is 0 Å². The molecule has 374 valence electrons. The van der Waals surface area contributed by atoms with Crippen LogP contribution >= 0.6 is 0 Å². The van der Waals surface area contributed by atoms with Crippen LogP contribution in [0, 0.1) is 0 Å². The van der Waals surface area contributed by atoms with Gasteiger partial charge in [0.05, 0.1) is 46.2 Å². The quantitative estimate of drug-likeness (QED) is 0.0274. The molecule has 0 radical (unpaired) electrons. The Labute approximate surface area is 393 Å². The zero-order valence-electron chi connectivity index (χ0n) is 41.8. The third-order valence-electron chi connectivity index (χ3n) is 10.7. The molecule has 0 aliphatic heterocycles. The Balaban J connectivity index is 4.07. The van der Waals surface area contributed by atoms with E-state index < -0.39 is 0 Å². The van der Waals surface area contributed by atoms with Crippen molar-refractivity contribution in [3.05, 3.63) is 48.6 Å². The zero-order valence-corrected chi connectivity index (χ0v) is 41.8. The van der Waals surface area contributed by atoms with E-state index in [1.165, 1.54) is 0 Å². The monoisotopic (exact) mass is 906 g/mol. The van der Waals surface area contributed by atoms with Crippen molar-refractivity contribution in [3.63, 3.8) is 0 Å². The van der Waals surface area contributed by atoms with E-state index in [2.05, 4.69) is 81.2 Å². The number of aliphatic hydroxyl groups excluding tert-OH is 1. The molecule has 0 saturated carbocycles. The molecule has 0 aromatic carbocycles. The maximum atomic E-state index is 12.4. The van der Waals surface area contributed by atoms with E-state index >= 15 is 0 Å². The molecule has 0 aliphatic rings. The second-order valence-electron chi connectivity index (χ2n) is 16.8. The minimum atomic E-state index is -0.216. The standard InChI is InChI=1S/C54H99NO9/c1-5-9-13-19-33-47-61-53(62-48-34-20-14-10-6-2)39-27-25-37-51(57)59-45-31-23-17-29-41-55(43-44-56)42-30-18-24-32-46-60-52(58)38-26-28-40-54(63-49-35-21-15-11-7-3)64-50-36-22-16-12-8-4/h9-16,53-54,56H,5-8,17-50H2,1-4H3/b13-9-,14-10-,15-11-,16-12-.